The second kappa shape index (κ2) is 23.9. The van der Waals surface area contributed by atoms with Gasteiger partial charge in [-0.25, -0.2) is 4.79 Å². The molecule has 12 rings (SSSR count). The molecule has 4 fully saturated rings. The SMILES string of the molecule is CC(C)(C)OC(=O)Nc1ccc(-c2ccccc2)cc1CC(=O)c1ccc2c(c1)c(C1CC1)cn2CCN1CCOCC1.Nc1ccc(-c2ccccc2)cc1CC(=O)c1ccc2c(c1)c(C1CC1)cn2CCN1CCOCC1. The second-order valence-electron chi connectivity index (χ2n) is 22.8. The molecule has 4 heterocycles. The average molecular weight is 1060 g/mol. The Morgan fingerprint density at radius 2 is 1.00 bits per heavy atom. The van der Waals surface area contributed by atoms with Gasteiger partial charge in [0.15, 0.2) is 11.6 Å². The highest BCUT2D eigenvalue weighted by molar-refractivity contribution is 6.03. The molecule has 2 saturated heterocycles. The third-order valence-corrected chi connectivity index (χ3v) is 15.8. The molecule has 2 saturated carbocycles. The van der Waals surface area contributed by atoms with Crippen molar-refractivity contribution in [1.29, 1.82) is 0 Å². The number of ether oxygens (including phenoxy) is 3. The van der Waals surface area contributed by atoms with Gasteiger partial charge in [-0.15, -0.1) is 0 Å². The van der Waals surface area contributed by atoms with Crippen LogP contribution in [-0.2, 0) is 40.1 Å². The molecule has 12 nitrogen and oxygen atoms in total. The van der Waals surface area contributed by atoms with Gasteiger partial charge in [-0.2, -0.15) is 0 Å². The number of nitrogen functional groups attached to an aromatic ring is 1. The van der Waals surface area contributed by atoms with Gasteiger partial charge in [-0.05, 0) is 163 Å². The Morgan fingerprint density at radius 3 is 1.47 bits per heavy atom. The van der Waals surface area contributed by atoms with Gasteiger partial charge in [0, 0.05) is 122 Å². The molecule has 2 aliphatic heterocycles. The fourth-order valence-electron chi connectivity index (χ4n) is 11.2. The van der Waals surface area contributed by atoms with Gasteiger partial charge in [-0.3, -0.25) is 24.7 Å². The van der Waals surface area contributed by atoms with Gasteiger partial charge in [0.1, 0.15) is 5.60 Å². The lowest BCUT2D eigenvalue weighted by Gasteiger charge is -2.26. The monoisotopic (exact) mass is 1060 g/mol. The van der Waals surface area contributed by atoms with Gasteiger partial charge in [0.25, 0.3) is 0 Å². The van der Waals surface area contributed by atoms with Crippen LogP contribution in [0.4, 0.5) is 16.2 Å². The maximum Gasteiger partial charge on any atom is 0.412 e. The van der Waals surface area contributed by atoms with Crippen LogP contribution in [0.1, 0.15) is 101 Å². The number of carbonyl (C=O) groups is 3. The van der Waals surface area contributed by atoms with Gasteiger partial charge in [0.2, 0.25) is 0 Å². The molecule has 12 heteroatoms. The van der Waals surface area contributed by atoms with E-state index in [0.29, 0.717) is 35.2 Å². The summed E-state index contributed by atoms with van der Waals surface area (Å²) in [5.41, 5.74) is 19.4. The number of carbonyl (C=O) groups excluding carboxylic acids is 3. The van der Waals surface area contributed by atoms with E-state index in [2.05, 4.69) is 79.1 Å². The maximum atomic E-state index is 13.8. The number of aromatic nitrogens is 2. The Balaban J connectivity index is 0.000000170. The Bertz CT molecular complexity index is 3450. The first-order chi connectivity index (χ1) is 38.4. The van der Waals surface area contributed by atoms with Gasteiger partial charge in [-0.1, -0.05) is 72.8 Å². The Kier molecular flexibility index (Phi) is 16.3. The van der Waals surface area contributed by atoms with Crippen LogP contribution in [0.5, 0.6) is 0 Å². The van der Waals surface area contributed by atoms with E-state index in [1.807, 2.05) is 112 Å². The van der Waals surface area contributed by atoms with Crippen molar-refractivity contribution in [1.82, 2.24) is 18.9 Å². The van der Waals surface area contributed by atoms with E-state index < -0.39 is 11.7 Å². The number of hydrogen-bond donors (Lipinski definition) is 2. The molecule has 79 heavy (non-hydrogen) atoms. The van der Waals surface area contributed by atoms with Crippen LogP contribution in [-0.4, -0.2) is 108 Å². The number of nitrogens with two attached hydrogens (primary N) is 1. The highest BCUT2D eigenvalue weighted by Crippen LogP contribution is 2.45. The number of hydrogen-bond acceptors (Lipinski definition) is 9. The van der Waals surface area contributed by atoms with Crippen LogP contribution < -0.4 is 11.1 Å². The average Bonchev–Trinajstić information content (AvgIpc) is 4.50. The Morgan fingerprint density at radius 1 is 0.544 bits per heavy atom. The summed E-state index contributed by atoms with van der Waals surface area (Å²) in [7, 11) is 0. The Hall–Kier alpha value is -7.35. The number of Topliss-reactive ketones (excluding diaryl/α,β-unsaturated/α-hetero) is 2. The van der Waals surface area contributed by atoms with Crippen molar-refractivity contribution in [2.45, 2.75) is 89.8 Å². The van der Waals surface area contributed by atoms with Crippen molar-refractivity contribution in [3.8, 4) is 22.3 Å². The number of morpholine rings is 2. The molecule has 2 aliphatic carbocycles. The fourth-order valence-corrected chi connectivity index (χ4v) is 11.2. The van der Waals surface area contributed by atoms with E-state index in [9.17, 15) is 14.4 Å². The first-order valence-electron chi connectivity index (χ1n) is 28.4. The van der Waals surface area contributed by atoms with E-state index in [-0.39, 0.29) is 18.0 Å². The summed E-state index contributed by atoms with van der Waals surface area (Å²) in [6.45, 7) is 16.6. The quantitative estimate of drug-likeness (QED) is 0.0675. The normalized spacial score (nSPS) is 16.1. The summed E-state index contributed by atoms with van der Waals surface area (Å²) in [5, 5.41) is 5.29. The first-order valence-corrected chi connectivity index (χ1v) is 28.4. The van der Waals surface area contributed by atoms with Gasteiger partial charge >= 0.3 is 6.09 Å². The van der Waals surface area contributed by atoms with Crippen molar-refractivity contribution in [3.63, 3.8) is 0 Å². The first kappa shape index (κ1) is 53.6. The molecule has 8 aromatic rings. The molecule has 0 atom stereocenters. The van der Waals surface area contributed by atoms with Crippen LogP contribution in [0.15, 0.2) is 146 Å². The standard InChI is InChI=1S/C36H41N3O4.C31H33N3O2/c1-36(2,3)43-35(41)37-32-13-11-27(25-7-5-4-6-8-25)21-29(32)23-34(40)28-12-14-33-30(22-28)31(26-9-10-26)24-39(33)16-15-38-17-19-42-20-18-38;32-29-10-8-24(22-4-2-1-3-5-22)18-26(29)20-31(35)25-9-11-30-27(19-25)28(23-6-7-23)21-34(30)13-12-33-14-16-36-17-15-33/h4-8,11-14,21-22,24,26H,9-10,15-20,23H2,1-3H3,(H,37,41);1-5,8-11,18-19,21,23H,6-7,12-17,20,32H2. The van der Waals surface area contributed by atoms with E-state index >= 15 is 0 Å². The smallest absolute Gasteiger partial charge is 0.412 e. The molecule has 6 aromatic carbocycles. The molecular formula is C67H74N6O6. The van der Waals surface area contributed by atoms with E-state index in [1.54, 1.807) is 0 Å². The predicted octanol–water partition coefficient (Wildman–Crippen LogP) is 12.8. The zero-order chi connectivity index (χ0) is 54.5. The third kappa shape index (κ3) is 13.4. The molecule has 0 unspecified atom stereocenters. The molecule has 0 bridgehead atoms. The van der Waals surface area contributed by atoms with Crippen LogP contribution >= 0.6 is 0 Å². The lowest BCUT2D eigenvalue weighted by molar-refractivity contribution is 0.0365. The van der Waals surface area contributed by atoms with Crippen LogP contribution in [0.2, 0.25) is 0 Å². The summed E-state index contributed by atoms with van der Waals surface area (Å²) in [4.78, 5) is 44.8. The minimum absolute atomic E-state index is 0.0159. The molecule has 2 aromatic heterocycles. The van der Waals surface area contributed by atoms with Crippen LogP contribution in [0.25, 0.3) is 44.1 Å². The van der Waals surface area contributed by atoms with Crippen LogP contribution in [0, 0.1) is 0 Å². The maximum absolute atomic E-state index is 13.8. The van der Waals surface area contributed by atoms with Gasteiger partial charge < -0.3 is 29.1 Å². The third-order valence-electron chi connectivity index (χ3n) is 15.8. The highest BCUT2D eigenvalue weighted by atomic mass is 16.6. The number of ketones is 2. The zero-order valence-corrected chi connectivity index (χ0v) is 46.1. The predicted molar refractivity (Wildman–Crippen MR) is 316 cm³/mol. The zero-order valence-electron chi connectivity index (χ0n) is 46.1. The van der Waals surface area contributed by atoms with Crippen molar-refractivity contribution < 1.29 is 28.6 Å². The van der Waals surface area contributed by atoms with Crippen LogP contribution in [0.3, 0.4) is 0 Å². The summed E-state index contributed by atoms with van der Waals surface area (Å²) in [5.74, 6) is 1.32. The van der Waals surface area contributed by atoms with E-state index in [0.717, 1.165) is 118 Å². The summed E-state index contributed by atoms with van der Waals surface area (Å²) < 4.78 is 21.3. The highest BCUT2D eigenvalue weighted by Gasteiger charge is 2.30. The lowest BCUT2D eigenvalue weighted by atomic mass is 9.96. The minimum Gasteiger partial charge on any atom is -0.444 e. The lowest BCUT2D eigenvalue weighted by Crippen LogP contribution is -2.38. The number of anilines is 2. The van der Waals surface area contributed by atoms with Crippen molar-refractivity contribution in [3.05, 3.63) is 179 Å². The van der Waals surface area contributed by atoms with Crippen molar-refractivity contribution in [2.24, 2.45) is 0 Å². The number of fused-ring (bicyclic) bond motifs is 2. The number of nitrogens with one attached hydrogen (secondary N) is 1. The topological polar surface area (TPSA) is 133 Å². The largest absolute Gasteiger partial charge is 0.444 e. The fraction of sp³-hybridized carbons (Fsp3) is 0.358. The van der Waals surface area contributed by atoms with E-state index in [4.69, 9.17) is 19.9 Å². The number of benzene rings is 6. The molecule has 1 amide bonds. The summed E-state index contributed by atoms with van der Waals surface area (Å²) in [6.07, 6.45) is 9.44. The molecule has 4 aliphatic rings. The molecule has 0 radical (unpaired) electrons. The summed E-state index contributed by atoms with van der Waals surface area (Å²) >= 11 is 0. The molecular weight excluding hydrogens is 985 g/mol. The number of rotatable bonds is 17. The van der Waals surface area contributed by atoms with Crippen molar-refractivity contribution in [2.75, 3.05) is 76.7 Å². The summed E-state index contributed by atoms with van der Waals surface area (Å²) in [6, 6.07) is 44.4. The minimum atomic E-state index is -0.628. The van der Waals surface area contributed by atoms with Crippen molar-refractivity contribution >= 4 is 50.8 Å². The number of nitrogens with zero attached hydrogens (tertiary/aromatic N) is 4. The molecule has 408 valence electrons. The Labute approximate surface area is 464 Å². The number of amides is 1. The molecule has 3 N–H and O–H groups in total. The van der Waals surface area contributed by atoms with E-state index in [1.165, 1.54) is 58.6 Å². The second-order valence-corrected chi connectivity index (χ2v) is 22.8. The molecule has 0 spiro atoms. The van der Waals surface area contributed by atoms with Gasteiger partial charge in [0.05, 0.1) is 26.4 Å².